The van der Waals surface area contributed by atoms with Crippen molar-refractivity contribution in [1.82, 2.24) is 5.32 Å². The third-order valence-corrected chi connectivity index (χ3v) is 7.66. The van der Waals surface area contributed by atoms with Gasteiger partial charge in [-0.15, -0.1) is 0 Å². The summed E-state index contributed by atoms with van der Waals surface area (Å²) in [6.45, 7) is 2.81. The van der Waals surface area contributed by atoms with E-state index in [-0.39, 0.29) is 11.7 Å². The molecule has 1 amide bonds. The second-order valence-corrected chi connectivity index (χ2v) is 11.7. The van der Waals surface area contributed by atoms with Gasteiger partial charge >= 0.3 is 0 Å². The summed E-state index contributed by atoms with van der Waals surface area (Å²) in [6.07, 6.45) is 0.404. The summed E-state index contributed by atoms with van der Waals surface area (Å²) in [7, 11) is 1.62. The molecule has 0 radical (unpaired) electrons. The second-order valence-electron chi connectivity index (χ2n) is 7.05. The number of rotatable bonds is 14. The Kier molecular flexibility index (Phi) is 14.5. The predicted molar refractivity (Wildman–Crippen MR) is 164 cm³/mol. The summed E-state index contributed by atoms with van der Waals surface area (Å²) in [6, 6.07) is 6.84. The van der Waals surface area contributed by atoms with Gasteiger partial charge in [0.05, 0.1) is 53.4 Å². The van der Waals surface area contributed by atoms with Gasteiger partial charge in [-0.2, -0.15) is 0 Å². The van der Waals surface area contributed by atoms with E-state index in [1.54, 1.807) is 19.2 Å². The number of aromatic hydroxyl groups is 1. The number of hydrogen-bond acceptors (Lipinski definition) is 7. The number of ether oxygens (including phenoxy) is 4. The van der Waals surface area contributed by atoms with E-state index < -0.39 is 6.04 Å². The zero-order valence-electron chi connectivity index (χ0n) is 18.4. The van der Waals surface area contributed by atoms with Crippen molar-refractivity contribution in [3.8, 4) is 17.2 Å². The zero-order valence-corrected chi connectivity index (χ0v) is 27.0. The lowest BCUT2D eigenvalue weighted by Crippen LogP contribution is -2.43. The van der Waals surface area contributed by atoms with Crippen LogP contribution in [0, 0.1) is 14.3 Å². The van der Waals surface area contributed by atoms with Gasteiger partial charge in [-0.1, -0.05) is 0 Å². The van der Waals surface area contributed by atoms with Gasteiger partial charge in [0.25, 0.3) is 0 Å². The summed E-state index contributed by atoms with van der Waals surface area (Å²) >= 11 is 8.58. The molecule has 0 fully saturated rings. The van der Waals surface area contributed by atoms with Gasteiger partial charge in [0, 0.05) is 13.7 Å². The van der Waals surface area contributed by atoms with Crippen LogP contribution in [-0.2, 0) is 25.4 Å². The Morgan fingerprint density at radius 2 is 1.50 bits per heavy atom. The number of phenolic OH excluding ortho intramolecular Hbond substituents is 1. The normalized spacial score (nSPS) is 11.9. The number of benzene rings is 2. The minimum Gasteiger partial charge on any atom is -0.506 e. The van der Waals surface area contributed by atoms with E-state index in [1.165, 1.54) is 0 Å². The Labute approximate surface area is 253 Å². The topological polar surface area (TPSA) is 112 Å². The Balaban J connectivity index is 1.83. The highest BCUT2D eigenvalue weighted by Crippen LogP contribution is 2.36. The van der Waals surface area contributed by atoms with Gasteiger partial charge < -0.3 is 35.1 Å². The molecule has 0 aliphatic rings. The van der Waals surface area contributed by atoms with E-state index in [9.17, 15) is 9.90 Å². The van der Waals surface area contributed by atoms with Crippen molar-refractivity contribution in [3.63, 3.8) is 0 Å². The highest BCUT2D eigenvalue weighted by Gasteiger charge is 2.17. The van der Waals surface area contributed by atoms with Crippen molar-refractivity contribution in [2.24, 2.45) is 5.73 Å². The van der Waals surface area contributed by atoms with E-state index in [1.807, 2.05) is 12.1 Å². The first-order chi connectivity index (χ1) is 16.2. The predicted octanol–water partition coefficient (Wildman–Crippen LogP) is 4.27. The fourth-order valence-corrected chi connectivity index (χ4v) is 6.56. The Bertz CT molecular complexity index is 917. The summed E-state index contributed by atoms with van der Waals surface area (Å²) in [5, 5.41) is 12.8. The number of amides is 1. The Morgan fingerprint density at radius 1 is 0.941 bits per heavy atom. The van der Waals surface area contributed by atoms with Crippen LogP contribution in [0.1, 0.15) is 5.56 Å². The van der Waals surface area contributed by atoms with Crippen molar-refractivity contribution in [3.05, 3.63) is 44.1 Å². The number of halogens is 4. The van der Waals surface area contributed by atoms with E-state index in [2.05, 4.69) is 95.7 Å². The molecular formula is C22H26I4N2O6. The molecule has 2 aromatic carbocycles. The molecule has 0 saturated carbocycles. The zero-order chi connectivity index (χ0) is 25.1. The van der Waals surface area contributed by atoms with Crippen molar-refractivity contribution in [2.75, 3.05) is 46.7 Å². The minimum absolute atomic E-state index is 0.224. The standard InChI is InChI=1S/C22H26I4N2O6/c1-31-4-5-33-7-6-32-3-2-28-22(30)19(27)10-13-8-17(25)21(18(26)9-13)34-14-11-15(23)20(29)16(24)12-14/h8-9,11-12,19,29H,2-7,10,27H2,1H3,(H,28,30). The number of nitrogens with one attached hydrogen (secondary N) is 1. The smallest absolute Gasteiger partial charge is 0.237 e. The average Bonchev–Trinajstić information content (AvgIpc) is 2.78. The highest BCUT2D eigenvalue weighted by molar-refractivity contribution is 14.1. The average molecular weight is 922 g/mol. The largest absolute Gasteiger partial charge is 0.506 e. The number of phenols is 1. The van der Waals surface area contributed by atoms with E-state index in [0.29, 0.717) is 51.7 Å². The molecule has 2 rings (SSSR count). The molecule has 8 nitrogen and oxygen atoms in total. The van der Waals surface area contributed by atoms with Crippen LogP contribution < -0.4 is 15.8 Å². The van der Waals surface area contributed by atoms with E-state index in [4.69, 9.17) is 24.7 Å². The van der Waals surface area contributed by atoms with Crippen LogP contribution in [0.2, 0.25) is 0 Å². The lowest BCUT2D eigenvalue weighted by molar-refractivity contribution is -0.122. The fraction of sp³-hybridized carbons (Fsp3) is 0.409. The molecule has 0 saturated heterocycles. The molecule has 0 bridgehead atoms. The number of nitrogens with two attached hydrogens (primary N) is 1. The van der Waals surface area contributed by atoms with Crippen LogP contribution >= 0.6 is 90.4 Å². The lowest BCUT2D eigenvalue weighted by atomic mass is 10.1. The van der Waals surface area contributed by atoms with Gasteiger partial charge in [-0.25, -0.2) is 0 Å². The minimum atomic E-state index is -0.670. The summed E-state index contributed by atoms with van der Waals surface area (Å²) in [4.78, 5) is 12.3. The molecule has 34 heavy (non-hydrogen) atoms. The first-order valence-corrected chi connectivity index (χ1v) is 14.6. The molecule has 0 aromatic heterocycles. The number of hydrogen-bond donors (Lipinski definition) is 3. The number of carbonyl (C=O) groups excluding carboxylic acids is 1. The molecule has 188 valence electrons. The third kappa shape index (κ3) is 10.3. The van der Waals surface area contributed by atoms with Crippen molar-refractivity contribution < 1.29 is 28.8 Å². The van der Waals surface area contributed by atoms with E-state index in [0.717, 1.165) is 25.6 Å². The fourth-order valence-electron chi connectivity index (χ4n) is 2.74. The van der Waals surface area contributed by atoms with Crippen LogP contribution in [0.3, 0.4) is 0 Å². The van der Waals surface area contributed by atoms with Gasteiger partial charge in [-0.05, 0) is 127 Å². The Hall–Kier alpha value is 0.270. The van der Waals surface area contributed by atoms with Crippen LogP contribution in [0.4, 0.5) is 0 Å². The Morgan fingerprint density at radius 3 is 2.09 bits per heavy atom. The molecule has 0 aliphatic carbocycles. The molecule has 0 spiro atoms. The number of carbonyl (C=O) groups is 1. The van der Waals surface area contributed by atoms with Crippen LogP contribution in [0.15, 0.2) is 24.3 Å². The molecule has 1 unspecified atom stereocenters. The van der Waals surface area contributed by atoms with Crippen LogP contribution in [0.5, 0.6) is 17.2 Å². The van der Waals surface area contributed by atoms with Gasteiger partial charge in [0.1, 0.15) is 11.5 Å². The molecule has 4 N–H and O–H groups in total. The van der Waals surface area contributed by atoms with Gasteiger partial charge in [0.2, 0.25) is 5.91 Å². The first kappa shape index (κ1) is 30.5. The molecule has 0 aliphatic heterocycles. The SMILES string of the molecule is COCCOCCOCCNC(=O)C(N)Cc1cc(I)c(Oc2cc(I)c(O)c(I)c2)c(I)c1. The first-order valence-electron chi connectivity index (χ1n) is 10.2. The van der Waals surface area contributed by atoms with Crippen LogP contribution in [0.25, 0.3) is 0 Å². The molecule has 2 aromatic rings. The second kappa shape index (κ2) is 16.2. The maximum absolute atomic E-state index is 12.3. The summed E-state index contributed by atoms with van der Waals surface area (Å²) in [5.74, 6) is 1.40. The monoisotopic (exact) mass is 922 g/mol. The summed E-state index contributed by atoms with van der Waals surface area (Å²) < 4.78 is 25.0. The maximum atomic E-state index is 12.3. The molecule has 1 atom stereocenters. The highest BCUT2D eigenvalue weighted by atomic mass is 127. The maximum Gasteiger partial charge on any atom is 0.237 e. The van der Waals surface area contributed by atoms with E-state index >= 15 is 0 Å². The van der Waals surface area contributed by atoms with Crippen molar-refractivity contribution in [1.29, 1.82) is 0 Å². The quantitative estimate of drug-likeness (QED) is 0.192. The molecule has 12 heteroatoms. The third-order valence-electron chi connectivity index (χ3n) is 4.41. The summed E-state index contributed by atoms with van der Waals surface area (Å²) in [5.41, 5.74) is 7.07. The van der Waals surface area contributed by atoms with Gasteiger partial charge in [-0.3, -0.25) is 4.79 Å². The van der Waals surface area contributed by atoms with Crippen LogP contribution in [-0.4, -0.2) is 63.7 Å². The van der Waals surface area contributed by atoms with Gasteiger partial charge in [0.15, 0.2) is 5.75 Å². The lowest BCUT2D eigenvalue weighted by Gasteiger charge is -2.16. The van der Waals surface area contributed by atoms with Crippen molar-refractivity contribution in [2.45, 2.75) is 12.5 Å². The van der Waals surface area contributed by atoms with Crippen molar-refractivity contribution >= 4 is 96.3 Å². The number of methoxy groups -OCH3 is 1. The molecular weight excluding hydrogens is 896 g/mol. The molecule has 0 heterocycles.